The molecule has 4 amide bonds. The lowest BCUT2D eigenvalue weighted by Gasteiger charge is -2.22. The van der Waals surface area contributed by atoms with Crippen LogP contribution < -0.4 is 15.5 Å². The number of urea groups is 1. The molecule has 29 heavy (non-hydrogen) atoms. The van der Waals surface area contributed by atoms with Crippen LogP contribution in [0, 0.1) is 0 Å². The van der Waals surface area contributed by atoms with Crippen molar-refractivity contribution in [2.75, 3.05) is 25.5 Å². The Morgan fingerprint density at radius 1 is 1.14 bits per heavy atom. The maximum atomic E-state index is 13.1. The van der Waals surface area contributed by atoms with Crippen molar-refractivity contribution in [3.8, 4) is 0 Å². The minimum atomic E-state index is -1.03. The van der Waals surface area contributed by atoms with Crippen LogP contribution in [0.1, 0.15) is 23.1 Å². The van der Waals surface area contributed by atoms with Crippen LogP contribution >= 0.6 is 0 Å². The van der Waals surface area contributed by atoms with Crippen molar-refractivity contribution in [1.82, 2.24) is 15.5 Å². The molecule has 1 unspecified atom stereocenters. The summed E-state index contributed by atoms with van der Waals surface area (Å²) in [5.41, 5.74) is 2.88. The molecule has 1 atom stereocenters. The van der Waals surface area contributed by atoms with Crippen LogP contribution in [-0.2, 0) is 28.1 Å². The van der Waals surface area contributed by atoms with E-state index in [0.29, 0.717) is 13.0 Å². The van der Waals surface area contributed by atoms with E-state index < -0.39 is 11.6 Å². The molecular weight excluding hydrogens is 368 g/mol. The second-order valence-electron chi connectivity index (χ2n) is 7.72. The Morgan fingerprint density at radius 2 is 1.86 bits per heavy atom. The summed E-state index contributed by atoms with van der Waals surface area (Å²) < 4.78 is 0. The number of fused-ring (bicyclic) bond motifs is 2. The molecule has 2 N–H and O–H groups in total. The van der Waals surface area contributed by atoms with Gasteiger partial charge in [-0.1, -0.05) is 36.4 Å². The van der Waals surface area contributed by atoms with Gasteiger partial charge in [-0.25, -0.2) is 4.79 Å². The predicted molar refractivity (Wildman–Crippen MR) is 109 cm³/mol. The second-order valence-corrected chi connectivity index (χ2v) is 7.72. The molecule has 0 radical (unpaired) electrons. The van der Waals surface area contributed by atoms with Gasteiger partial charge in [0.05, 0.1) is 0 Å². The third-order valence-electron chi connectivity index (χ3n) is 5.67. The SMILES string of the molecule is CN(C)c1ccc(CNC(=O)CN2C(=O)NC3(CCc4ccccc43)C2=O)cc1. The summed E-state index contributed by atoms with van der Waals surface area (Å²) >= 11 is 0. The third kappa shape index (κ3) is 3.33. The minimum absolute atomic E-state index is 0.287. The summed E-state index contributed by atoms with van der Waals surface area (Å²) in [4.78, 5) is 41.0. The zero-order valence-electron chi connectivity index (χ0n) is 16.6. The van der Waals surface area contributed by atoms with Crippen LogP contribution in [0.2, 0.25) is 0 Å². The van der Waals surface area contributed by atoms with E-state index in [2.05, 4.69) is 10.6 Å². The number of rotatable bonds is 5. The predicted octanol–water partition coefficient (Wildman–Crippen LogP) is 1.76. The number of benzene rings is 2. The first kappa shape index (κ1) is 19.0. The topological polar surface area (TPSA) is 81.8 Å². The fraction of sp³-hybridized carbons (Fsp3) is 0.318. The van der Waals surface area contributed by atoms with Crippen LogP contribution in [0.5, 0.6) is 0 Å². The third-order valence-corrected chi connectivity index (χ3v) is 5.67. The summed E-state index contributed by atoms with van der Waals surface area (Å²) in [5.74, 6) is -0.716. The van der Waals surface area contributed by atoms with Crippen LogP contribution in [-0.4, -0.2) is 43.4 Å². The van der Waals surface area contributed by atoms with Crippen LogP contribution in [0.4, 0.5) is 10.5 Å². The molecule has 150 valence electrons. The first-order valence-corrected chi connectivity index (χ1v) is 9.66. The number of carbonyl (C=O) groups excluding carboxylic acids is 3. The van der Waals surface area contributed by atoms with Gasteiger partial charge in [-0.05, 0) is 41.7 Å². The van der Waals surface area contributed by atoms with Crippen molar-refractivity contribution in [2.45, 2.75) is 24.9 Å². The molecule has 1 aliphatic heterocycles. The Hall–Kier alpha value is -3.35. The lowest BCUT2D eigenvalue weighted by atomic mass is 9.92. The summed E-state index contributed by atoms with van der Waals surface area (Å²) in [6.45, 7) is 0.0501. The van der Waals surface area contributed by atoms with Gasteiger partial charge in [-0.15, -0.1) is 0 Å². The number of hydrogen-bond acceptors (Lipinski definition) is 4. The Morgan fingerprint density at radius 3 is 2.59 bits per heavy atom. The van der Waals surface area contributed by atoms with Crippen molar-refractivity contribution in [1.29, 1.82) is 0 Å². The van der Waals surface area contributed by atoms with Crippen molar-refractivity contribution in [3.05, 3.63) is 65.2 Å². The zero-order chi connectivity index (χ0) is 20.6. The van der Waals surface area contributed by atoms with Gasteiger partial charge in [-0.3, -0.25) is 14.5 Å². The molecule has 1 fully saturated rings. The Kier molecular flexibility index (Phi) is 4.74. The highest BCUT2D eigenvalue weighted by atomic mass is 16.2. The van der Waals surface area contributed by atoms with Gasteiger partial charge < -0.3 is 15.5 Å². The standard InChI is InChI=1S/C22H24N4O3/c1-25(2)17-9-7-15(8-10-17)13-23-19(27)14-26-20(28)22(24-21(26)29)12-11-16-5-3-4-6-18(16)22/h3-10H,11-14H2,1-2H3,(H,23,27)(H,24,29). The van der Waals surface area contributed by atoms with E-state index >= 15 is 0 Å². The summed E-state index contributed by atoms with van der Waals surface area (Å²) in [6.07, 6.45) is 1.25. The second kappa shape index (κ2) is 7.24. The van der Waals surface area contributed by atoms with Crippen LogP contribution in [0.3, 0.4) is 0 Å². The first-order chi connectivity index (χ1) is 13.9. The van der Waals surface area contributed by atoms with Gasteiger partial charge in [0, 0.05) is 26.3 Å². The summed E-state index contributed by atoms with van der Waals surface area (Å²) in [6, 6.07) is 14.9. The van der Waals surface area contributed by atoms with E-state index in [1.165, 1.54) is 0 Å². The summed E-state index contributed by atoms with van der Waals surface area (Å²) in [5, 5.41) is 5.62. The lowest BCUT2D eigenvalue weighted by Crippen LogP contribution is -2.43. The Balaban J connectivity index is 1.40. The molecule has 7 nitrogen and oxygen atoms in total. The van der Waals surface area contributed by atoms with E-state index in [1.54, 1.807) is 0 Å². The minimum Gasteiger partial charge on any atom is -0.378 e. The number of nitrogens with zero attached hydrogens (tertiary/aromatic N) is 2. The number of nitrogens with one attached hydrogen (secondary N) is 2. The van der Waals surface area contributed by atoms with Gasteiger partial charge in [0.1, 0.15) is 12.1 Å². The Bertz CT molecular complexity index is 970. The molecule has 0 bridgehead atoms. The average Bonchev–Trinajstić information content (AvgIpc) is 3.20. The van der Waals surface area contributed by atoms with E-state index in [9.17, 15) is 14.4 Å². The van der Waals surface area contributed by atoms with Crippen LogP contribution in [0.15, 0.2) is 48.5 Å². The quantitative estimate of drug-likeness (QED) is 0.760. The van der Waals surface area contributed by atoms with Gasteiger partial charge >= 0.3 is 6.03 Å². The molecule has 1 heterocycles. The molecule has 4 rings (SSSR count). The van der Waals surface area contributed by atoms with Crippen LogP contribution in [0.25, 0.3) is 0 Å². The molecule has 1 spiro atoms. The van der Waals surface area contributed by atoms with Crippen molar-refractivity contribution in [2.24, 2.45) is 0 Å². The van der Waals surface area contributed by atoms with Crippen molar-refractivity contribution >= 4 is 23.5 Å². The fourth-order valence-corrected chi connectivity index (χ4v) is 4.05. The maximum Gasteiger partial charge on any atom is 0.325 e. The molecular formula is C22H24N4O3. The van der Waals surface area contributed by atoms with Crippen molar-refractivity contribution < 1.29 is 14.4 Å². The number of hydrogen-bond donors (Lipinski definition) is 2. The number of carbonyl (C=O) groups is 3. The first-order valence-electron chi connectivity index (χ1n) is 9.66. The van der Waals surface area contributed by atoms with Gasteiger partial charge in [-0.2, -0.15) is 0 Å². The number of anilines is 1. The number of amides is 4. The molecule has 7 heteroatoms. The average molecular weight is 392 g/mol. The molecule has 1 aliphatic carbocycles. The lowest BCUT2D eigenvalue weighted by molar-refractivity contribution is -0.135. The van der Waals surface area contributed by atoms with E-state index in [4.69, 9.17) is 0 Å². The normalized spacial score (nSPS) is 20.0. The Labute approximate surface area is 169 Å². The smallest absolute Gasteiger partial charge is 0.325 e. The van der Waals surface area contributed by atoms with Crippen molar-refractivity contribution in [3.63, 3.8) is 0 Å². The zero-order valence-corrected chi connectivity index (χ0v) is 16.6. The largest absolute Gasteiger partial charge is 0.378 e. The summed E-state index contributed by atoms with van der Waals surface area (Å²) in [7, 11) is 3.93. The van der Waals surface area contributed by atoms with Gasteiger partial charge in [0.25, 0.3) is 5.91 Å². The van der Waals surface area contributed by atoms with E-state index in [1.807, 2.05) is 67.5 Å². The molecule has 1 saturated heterocycles. The molecule has 0 saturated carbocycles. The maximum absolute atomic E-state index is 13.1. The van der Waals surface area contributed by atoms with E-state index in [0.717, 1.165) is 33.7 Å². The highest BCUT2D eigenvalue weighted by molar-refractivity contribution is 6.09. The fourth-order valence-electron chi connectivity index (χ4n) is 4.05. The molecule has 0 aromatic heterocycles. The highest BCUT2D eigenvalue weighted by Gasteiger charge is 2.55. The number of aryl methyl sites for hydroxylation is 1. The highest BCUT2D eigenvalue weighted by Crippen LogP contribution is 2.41. The molecule has 2 aromatic carbocycles. The van der Waals surface area contributed by atoms with Gasteiger partial charge in [0.2, 0.25) is 5.91 Å². The number of imide groups is 1. The molecule has 2 aromatic rings. The van der Waals surface area contributed by atoms with E-state index in [-0.39, 0.29) is 18.4 Å². The monoisotopic (exact) mass is 392 g/mol. The molecule has 2 aliphatic rings. The van der Waals surface area contributed by atoms with Gasteiger partial charge in [0.15, 0.2) is 0 Å².